The van der Waals surface area contributed by atoms with Gasteiger partial charge in [-0.3, -0.25) is 4.79 Å². The summed E-state index contributed by atoms with van der Waals surface area (Å²) in [6.07, 6.45) is 2.76. The first-order chi connectivity index (χ1) is 5.18. The summed E-state index contributed by atoms with van der Waals surface area (Å²) in [6.45, 7) is 1.40. The van der Waals surface area contributed by atoms with Crippen molar-refractivity contribution < 1.29 is 4.79 Å². The number of amides is 1. The molecule has 1 aromatic rings. The maximum atomic E-state index is 10.5. The van der Waals surface area contributed by atoms with Crippen LogP contribution >= 0.6 is 11.6 Å². The van der Waals surface area contributed by atoms with Crippen molar-refractivity contribution >= 4 is 23.3 Å². The highest BCUT2D eigenvalue weighted by Crippen LogP contribution is 2.04. The molecule has 0 aliphatic heterocycles. The Balaban J connectivity index is 2.74. The van der Waals surface area contributed by atoms with Crippen LogP contribution in [-0.2, 0) is 4.79 Å². The zero-order valence-electron chi connectivity index (χ0n) is 5.84. The van der Waals surface area contributed by atoms with Crippen LogP contribution in [-0.4, -0.2) is 15.9 Å². The van der Waals surface area contributed by atoms with Gasteiger partial charge in [-0.25, -0.2) is 9.97 Å². The van der Waals surface area contributed by atoms with Crippen molar-refractivity contribution in [2.75, 3.05) is 5.32 Å². The van der Waals surface area contributed by atoms with Crippen LogP contribution in [0.4, 0.5) is 5.82 Å². The number of aromatic nitrogens is 2. The largest absolute Gasteiger partial charge is 0.310 e. The Morgan fingerprint density at radius 1 is 1.55 bits per heavy atom. The quantitative estimate of drug-likeness (QED) is 0.688. The van der Waals surface area contributed by atoms with Gasteiger partial charge < -0.3 is 5.32 Å². The molecule has 0 aliphatic carbocycles. The van der Waals surface area contributed by atoms with E-state index in [0.717, 1.165) is 0 Å². The molecule has 0 unspecified atom stereocenters. The van der Waals surface area contributed by atoms with Crippen molar-refractivity contribution in [3.8, 4) is 0 Å². The van der Waals surface area contributed by atoms with Crippen molar-refractivity contribution in [3.63, 3.8) is 0 Å². The molecule has 0 saturated carbocycles. The van der Waals surface area contributed by atoms with Crippen molar-refractivity contribution in [2.45, 2.75) is 6.92 Å². The van der Waals surface area contributed by atoms with Crippen LogP contribution < -0.4 is 5.32 Å². The number of hydrogen-bond donors (Lipinski definition) is 1. The lowest BCUT2D eigenvalue weighted by molar-refractivity contribution is -0.114. The fourth-order valence-electron chi connectivity index (χ4n) is 0.557. The van der Waals surface area contributed by atoms with Gasteiger partial charge >= 0.3 is 0 Å². The molecular formula is C6H6ClN3O. The minimum Gasteiger partial charge on any atom is -0.310 e. The van der Waals surface area contributed by atoms with Crippen LogP contribution in [0.15, 0.2) is 12.4 Å². The number of anilines is 1. The van der Waals surface area contributed by atoms with Crippen molar-refractivity contribution in [3.05, 3.63) is 17.5 Å². The molecule has 0 aromatic carbocycles. The Bertz CT molecular complexity index is 259. The minimum absolute atomic E-state index is 0.179. The predicted molar refractivity (Wildman–Crippen MR) is 41.3 cm³/mol. The fourth-order valence-corrected chi connectivity index (χ4v) is 0.655. The van der Waals surface area contributed by atoms with Crippen molar-refractivity contribution in [2.24, 2.45) is 0 Å². The summed E-state index contributed by atoms with van der Waals surface area (Å²) in [4.78, 5) is 18.0. The van der Waals surface area contributed by atoms with E-state index in [2.05, 4.69) is 15.3 Å². The summed E-state index contributed by atoms with van der Waals surface area (Å²) in [6, 6.07) is 0. The predicted octanol–water partition coefficient (Wildman–Crippen LogP) is 1.09. The Morgan fingerprint density at radius 3 is 2.73 bits per heavy atom. The van der Waals surface area contributed by atoms with Crippen LogP contribution in [0.1, 0.15) is 6.92 Å². The number of halogens is 1. The number of hydrogen-bond acceptors (Lipinski definition) is 3. The van der Waals surface area contributed by atoms with Crippen molar-refractivity contribution in [1.82, 2.24) is 9.97 Å². The van der Waals surface area contributed by atoms with Gasteiger partial charge in [0.2, 0.25) is 5.91 Å². The third kappa shape index (κ3) is 2.51. The first kappa shape index (κ1) is 7.94. The summed E-state index contributed by atoms with van der Waals surface area (Å²) < 4.78 is 0. The number of nitrogens with one attached hydrogen (secondary N) is 1. The lowest BCUT2D eigenvalue weighted by Gasteiger charge is -1.97. The molecule has 4 nitrogen and oxygen atoms in total. The van der Waals surface area contributed by atoms with E-state index in [1.165, 1.54) is 19.3 Å². The molecule has 1 amide bonds. The minimum atomic E-state index is -0.179. The standard InChI is InChI=1S/C6H6ClN3O/c1-4(11)10-6-3-8-5(7)2-9-6/h2-3H,1H3,(H,9,10,11). The van der Waals surface area contributed by atoms with Gasteiger partial charge in [-0.15, -0.1) is 0 Å². The monoisotopic (exact) mass is 171 g/mol. The molecule has 11 heavy (non-hydrogen) atoms. The molecule has 1 rings (SSSR count). The molecule has 1 aromatic heterocycles. The molecule has 0 aliphatic rings. The average molecular weight is 172 g/mol. The highest BCUT2D eigenvalue weighted by molar-refractivity contribution is 6.29. The summed E-state index contributed by atoms with van der Waals surface area (Å²) in [7, 11) is 0. The van der Waals surface area contributed by atoms with Crippen molar-refractivity contribution in [1.29, 1.82) is 0 Å². The van der Waals surface area contributed by atoms with Gasteiger partial charge in [0.25, 0.3) is 0 Å². The first-order valence-corrected chi connectivity index (χ1v) is 3.31. The smallest absolute Gasteiger partial charge is 0.222 e. The van der Waals surface area contributed by atoms with Gasteiger partial charge in [0.1, 0.15) is 5.15 Å². The normalized spacial score (nSPS) is 9.27. The summed E-state index contributed by atoms with van der Waals surface area (Å²) in [5, 5.41) is 2.77. The molecule has 1 N–H and O–H groups in total. The van der Waals surface area contributed by atoms with Crippen LogP contribution in [0.5, 0.6) is 0 Å². The molecule has 0 bridgehead atoms. The highest BCUT2D eigenvalue weighted by atomic mass is 35.5. The van der Waals surface area contributed by atoms with Gasteiger partial charge in [0.05, 0.1) is 12.4 Å². The average Bonchev–Trinajstić information content (AvgIpc) is 1.93. The lowest BCUT2D eigenvalue weighted by Crippen LogP contribution is -2.07. The molecule has 58 valence electrons. The maximum absolute atomic E-state index is 10.5. The maximum Gasteiger partial charge on any atom is 0.222 e. The van der Waals surface area contributed by atoms with Crippen LogP contribution in [0.3, 0.4) is 0 Å². The summed E-state index contributed by atoms with van der Waals surface area (Å²) in [5.74, 6) is 0.225. The van der Waals surface area contributed by atoms with E-state index < -0.39 is 0 Å². The number of nitrogens with zero attached hydrogens (tertiary/aromatic N) is 2. The lowest BCUT2D eigenvalue weighted by atomic mass is 10.6. The second-order valence-electron chi connectivity index (χ2n) is 1.91. The summed E-state index contributed by atoms with van der Waals surface area (Å²) in [5.41, 5.74) is 0. The van der Waals surface area contributed by atoms with E-state index in [0.29, 0.717) is 11.0 Å². The topological polar surface area (TPSA) is 54.9 Å². The summed E-state index contributed by atoms with van der Waals surface area (Å²) >= 11 is 5.46. The van der Waals surface area contributed by atoms with Crippen LogP contribution in [0.25, 0.3) is 0 Å². The van der Waals surface area contributed by atoms with E-state index in [1.807, 2.05) is 0 Å². The second kappa shape index (κ2) is 3.30. The molecule has 0 atom stereocenters. The van der Waals surface area contributed by atoms with E-state index >= 15 is 0 Å². The fraction of sp³-hybridized carbons (Fsp3) is 0.167. The molecule has 5 heteroatoms. The Morgan fingerprint density at radius 2 is 2.27 bits per heavy atom. The highest BCUT2D eigenvalue weighted by Gasteiger charge is 1.95. The second-order valence-corrected chi connectivity index (χ2v) is 2.29. The molecule has 0 fully saturated rings. The van der Waals surface area contributed by atoms with Crippen LogP contribution in [0.2, 0.25) is 5.15 Å². The molecule has 0 radical (unpaired) electrons. The van der Waals surface area contributed by atoms with Gasteiger partial charge in [-0.05, 0) is 0 Å². The first-order valence-electron chi connectivity index (χ1n) is 2.93. The van der Waals surface area contributed by atoms with Gasteiger partial charge in [0, 0.05) is 6.92 Å². The Labute approximate surface area is 68.6 Å². The molecule has 0 spiro atoms. The SMILES string of the molecule is CC(=O)Nc1cnc(Cl)cn1. The third-order valence-electron chi connectivity index (χ3n) is 0.924. The van der Waals surface area contributed by atoms with E-state index in [4.69, 9.17) is 11.6 Å². The zero-order chi connectivity index (χ0) is 8.27. The van der Waals surface area contributed by atoms with E-state index in [9.17, 15) is 4.79 Å². The molecule has 0 saturated heterocycles. The third-order valence-corrected chi connectivity index (χ3v) is 1.12. The number of rotatable bonds is 1. The van der Waals surface area contributed by atoms with Gasteiger partial charge in [0.15, 0.2) is 5.82 Å². The van der Waals surface area contributed by atoms with Gasteiger partial charge in [-0.1, -0.05) is 11.6 Å². The van der Waals surface area contributed by atoms with E-state index in [1.54, 1.807) is 0 Å². The number of carbonyl (C=O) groups is 1. The molecular weight excluding hydrogens is 166 g/mol. The van der Waals surface area contributed by atoms with Crippen LogP contribution in [0, 0.1) is 0 Å². The zero-order valence-corrected chi connectivity index (χ0v) is 6.59. The van der Waals surface area contributed by atoms with Gasteiger partial charge in [-0.2, -0.15) is 0 Å². The van der Waals surface area contributed by atoms with E-state index in [-0.39, 0.29) is 5.91 Å². The Hall–Kier alpha value is -1.16. The number of carbonyl (C=O) groups excluding carboxylic acids is 1. The Kier molecular flexibility index (Phi) is 2.38. The molecule has 1 heterocycles.